The van der Waals surface area contributed by atoms with Gasteiger partial charge in [0.25, 0.3) is 5.91 Å². The van der Waals surface area contributed by atoms with Crippen molar-refractivity contribution in [2.75, 3.05) is 12.4 Å². The quantitative estimate of drug-likeness (QED) is 0.573. The van der Waals surface area contributed by atoms with Gasteiger partial charge in [0.05, 0.1) is 12.7 Å². The normalized spacial score (nSPS) is 11.7. The first-order valence-corrected chi connectivity index (χ1v) is 9.62. The van der Waals surface area contributed by atoms with Gasteiger partial charge in [0, 0.05) is 18.3 Å². The maximum absolute atomic E-state index is 12.5. The summed E-state index contributed by atoms with van der Waals surface area (Å²) in [6.07, 6.45) is 0. The van der Waals surface area contributed by atoms with Crippen molar-refractivity contribution in [2.45, 2.75) is 17.3 Å². The lowest BCUT2D eigenvalue weighted by atomic mass is 10.1. The molecule has 0 saturated heterocycles. The van der Waals surface area contributed by atoms with Crippen LogP contribution in [0.4, 0.5) is 5.69 Å². The van der Waals surface area contributed by atoms with E-state index < -0.39 is 11.2 Å². The number of aliphatic carboxylic acids is 1. The Morgan fingerprint density at radius 3 is 2.48 bits per heavy atom. The van der Waals surface area contributed by atoms with E-state index in [2.05, 4.69) is 15.5 Å². The Bertz CT molecular complexity index is 1030. The average molecular weight is 412 g/mol. The van der Waals surface area contributed by atoms with Crippen molar-refractivity contribution in [3.63, 3.8) is 0 Å². The molecule has 0 bridgehead atoms. The van der Waals surface area contributed by atoms with Crippen LogP contribution in [0.3, 0.4) is 0 Å². The molecule has 3 aromatic rings. The molecule has 2 aromatic carbocycles. The van der Waals surface area contributed by atoms with Gasteiger partial charge in [0.1, 0.15) is 11.0 Å². The molecular formula is C20H20N4O4S. The minimum atomic E-state index is -0.908. The number of anilines is 1. The van der Waals surface area contributed by atoms with E-state index in [-0.39, 0.29) is 5.91 Å². The highest BCUT2D eigenvalue weighted by atomic mass is 32.2. The Morgan fingerprint density at radius 1 is 1.14 bits per heavy atom. The molecule has 0 radical (unpaired) electrons. The highest BCUT2D eigenvalue weighted by molar-refractivity contribution is 8.00. The second kappa shape index (κ2) is 8.78. The van der Waals surface area contributed by atoms with Gasteiger partial charge in [-0.05, 0) is 43.3 Å². The number of amides is 1. The molecule has 150 valence electrons. The number of methoxy groups -OCH3 is 1. The SMILES string of the molecule is COc1ccccc1C(=O)Nc1ccc(-c2nnc(SC(C)C(=O)O)n2C)cc1. The zero-order valence-corrected chi connectivity index (χ0v) is 16.9. The largest absolute Gasteiger partial charge is 0.496 e. The van der Waals surface area contributed by atoms with E-state index >= 15 is 0 Å². The number of ether oxygens (including phenoxy) is 1. The molecule has 1 atom stereocenters. The molecule has 3 rings (SSSR count). The fourth-order valence-corrected chi connectivity index (χ4v) is 3.36. The first-order chi connectivity index (χ1) is 13.9. The van der Waals surface area contributed by atoms with Gasteiger partial charge in [0.15, 0.2) is 11.0 Å². The molecule has 0 saturated carbocycles. The van der Waals surface area contributed by atoms with Gasteiger partial charge in [0.2, 0.25) is 0 Å². The fraction of sp³-hybridized carbons (Fsp3) is 0.200. The molecule has 1 aromatic heterocycles. The Hall–Kier alpha value is -3.33. The smallest absolute Gasteiger partial charge is 0.316 e. The van der Waals surface area contributed by atoms with Crippen LogP contribution in [-0.2, 0) is 11.8 Å². The van der Waals surface area contributed by atoms with Crippen LogP contribution in [0, 0.1) is 0 Å². The number of hydrogen-bond acceptors (Lipinski definition) is 6. The summed E-state index contributed by atoms with van der Waals surface area (Å²) in [7, 11) is 3.30. The van der Waals surface area contributed by atoms with Crippen molar-refractivity contribution in [3.05, 3.63) is 54.1 Å². The first kappa shape index (κ1) is 20.4. The van der Waals surface area contributed by atoms with E-state index in [0.29, 0.717) is 28.0 Å². The number of para-hydroxylation sites is 1. The Morgan fingerprint density at radius 2 is 1.83 bits per heavy atom. The van der Waals surface area contributed by atoms with E-state index in [9.17, 15) is 9.59 Å². The lowest BCUT2D eigenvalue weighted by molar-refractivity contribution is -0.136. The second-order valence-electron chi connectivity index (χ2n) is 6.20. The van der Waals surface area contributed by atoms with E-state index in [1.54, 1.807) is 54.9 Å². The minimum absolute atomic E-state index is 0.268. The molecule has 1 unspecified atom stereocenters. The number of nitrogens with one attached hydrogen (secondary N) is 1. The number of carboxylic acids is 1. The number of nitrogens with zero attached hydrogens (tertiary/aromatic N) is 3. The van der Waals surface area contributed by atoms with Crippen LogP contribution in [0.2, 0.25) is 0 Å². The fourth-order valence-electron chi connectivity index (χ4n) is 2.61. The maximum Gasteiger partial charge on any atom is 0.316 e. The zero-order chi connectivity index (χ0) is 21.0. The summed E-state index contributed by atoms with van der Waals surface area (Å²) < 4.78 is 6.96. The molecule has 8 nitrogen and oxygen atoms in total. The Balaban J connectivity index is 1.75. The van der Waals surface area contributed by atoms with Gasteiger partial charge in [-0.1, -0.05) is 23.9 Å². The topological polar surface area (TPSA) is 106 Å². The molecule has 2 N–H and O–H groups in total. The van der Waals surface area contributed by atoms with Crippen molar-refractivity contribution in [2.24, 2.45) is 7.05 Å². The summed E-state index contributed by atoms with van der Waals surface area (Å²) in [6.45, 7) is 1.60. The summed E-state index contributed by atoms with van der Waals surface area (Å²) >= 11 is 1.13. The summed E-state index contributed by atoms with van der Waals surface area (Å²) in [5, 5.41) is 20.0. The van der Waals surface area contributed by atoms with E-state index in [4.69, 9.17) is 9.84 Å². The van der Waals surface area contributed by atoms with Crippen LogP contribution in [0.25, 0.3) is 11.4 Å². The Kier molecular flexibility index (Phi) is 6.18. The van der Waals surface area contributed by atoms with Crippen LogP contribution in [0.15, 0.2) is 53.7 Å². The average Bonchev–Trinajstić information content (AvgIpc) is 3.08. The van der Waals surface area contributed by atoms with Gasteiger partial charge < -0.3 is 19.7 Å². The van der Waals surface area contributed by atoms with Gasteiger partial charge in [-0.25, -0.2) is 0 Å². The number of carbonyl (C=O) groups excluding carboxylic acids is 1. The van der Waals surface area contributed by atoms with Gasteiger partial charge in [-0.2, -0.15) is 0 Å². The molecule has 0 fully saturated rings. The van der Waals surface area contributed by atoms with Gasteiger partial charge in [-0.15, -0.1) is 10.2 Å². The number of benzene rings is 2. The zero-order valence-electron chi connectivity index (χ0n) is 16.1. The van der Waals surface area contributed by atoms with Crippen molar-refractivity contribution >= 4 is 29.3 Å². The third kappa shape index (κ3) is 4.57. The third-order valence-corrected chi connectivity index (χ3v) is 5.34. The molecular weight excluding hydrogens is 392 g/mol. The van der Waals surface area contributed by atoms with E-state index in [1.807, 2.05) is 12.1 Å². The summed E-state index contributed by atoms with van der Waals surface area (Å²) in [5.74, 6) is -0.0705. The number of hydrogen-bond donors (Lipinski definition) is 2. The number of carbonyl (C=O) groups is 2. The molecule has 1 heterocycles. The predicted octanol–water partition coefficient (Wildman–Crippen LogP) is 3.31. The summed E-state index contributed by atoms with van der Waals surface area (Å²) in [4.78, 5) is 23.5. The van der Waals surface area contributed by atoms with Crippen molar-refractivity contribution in [3.8, 4) is 17.1 Å². The monoisotopic (exact) mass is 412 g/mol. The van der Waals surface area contributed by atoms with Crippen LogP contribution in [0.5, 0.6) is 5.75 Å². The highest BCUT2D eigenvalue weighted by Gasteiger charge is 2.18. The van der Waals surface area contributed by atoms with Gasteiger partial charge in [-0.3, -0.25) is 9.59 Å². The molecule has 1 amide bonds. The second-order valence-corrected chi connectivity index (χ2v) is 7.50. The third-order valence-electron chi connectivity index (χ3n) is 4.22. The van der Waals surface area contributed by atoms with E-state index in [0.717, 1.165) is 17.3 Å². The number of rotatable bonds is 7. The first-order valence-electron chi connectivity index (χ1n) is 8.74. The molecule has 0 spiro atoms. The van der Waals surface area contributed by atoms with Crippen LogP contribution in [0.1, 0.15) is 17.3 Å². The molecule has 9 heteroatoms. The Labute approximate surface area is 171 Å². The number of aromatic nitrogens is 3. The molecule has 0 aliphatic rings. The van der Waals surface area contributed by atoms with Crippen molar-refractivity contribution < 1.29 is 19.4 Å². The van der Waals surface area contributed by atoms with E-state index in [1.165, 1.54) is 7.11 Å². The van der Waals surface area contributed by atoms with Crippen molar-refractivity contribution in [1.82, 2.24) is 14.8 Å². The lowest BCUT2D eigenvalue weighted by Gasteiger charge is -2.10. The molecule has 0 aliphatic heterocycles. The minimum Gasteiger partial charge on any atom is -0.496 e. The number of carboxylic acid groups (broad SMARTS) is 1. The van der Waals surface area contributed by atoms with Crippen LogP contribution >= 0.6 is 11.8 Å². The highest BCUT2D eigenvalue weighted by Crippen LogP contribution is 2.27. The van der Waals surface area contributed by atoms with Crippen LogP contribution < -0.4 is 10.1 Å². The van der Waals surface area contributed by atoms with Crippen LogP contribution in [-0.4, -0.2) is 44.1 Å². The number of thioether (sulfide) groups is 1. The maximum atomic E-state index is 12.5. The molecule has 29 heavy (non-hydrogen) atoms. The predicted molar refractivity (Wildman–Crippen MR) is 110 cm³/mol. The summed E-state index contributed by atoms with van der Waals surface area (Å²) in [5.41, 5.74) is 1.87. The summed E-state index contributed by atoms with van der Waals surface area (Å²) in [6, 6.07) is 14.2. The standard InChI is InChI=1S/C20H20N4O4S/c1-12(19(26)27)29-20-23-22-17(24(20)2)13-8-10-14(11-9-13)21-18(25)15-6-4-5-7-16(15)28-3/h4-12H,1-3H3,(H,21,25)(H,26,27). The molecule has 0 aliphatic carbocycles. The van der Waals surface area contributed by atoms with Crippen molar-refractivity contribution in [1.29, 1.82) is 0 Å². The lowest BCUT2D eigenvalue weighted by Crippen LogP contribution is -2.13. The van der Waals surface area contributed by atoms with Gasteiger partial charge >= 0.3 is 5.97 Å².